The van der Waals surface area contributed by atoms with Crippen LogP contribution in [0.4, 0.5) is 17.6 Å². The van der Waals surface area contributed by atoms with Crippen molar-refractivity contribution in [1.29, 1.82) is 0 Å². The predicted octanol–water partition coefficient (Wildman–Crippen LogP) is 3.25. The summed E-state index contributed by atoms with van der Waals surface area (Å²) in [5, 5.41) is 10.3. The van der Waals surface area contributed by atoms with Crippen LogP contribution in [0.5, 0.6) is 5.75 Å². The number of amides is 1. The lowest BCUT2D eigenvalue weighted by molar-refractivity contribution is -0.352. The maximum Gasteiger partial charge on any atom is 0.522 e. The van der Waals surface area contributed by atoms with Crippen LogP contribution in [0.1, 0.15) is 36.8 Å². The summed E-state index contributed by atoms with van der Waals surface area (Å²) in [5.74, 6) is -1.10. The van der Waals surface area contributed by atoms with Crippen LogP contribution in [0, 0.1) is 5.82 Å². The molecule has 2 aliphatic rings. The molecule has 1 saturated heterocycles. The molecule has 1 aromatic heterocycles. The van der Waals surface area contributed by atoms with Crippen LogP contribution in [0.2, 0.25) is 5.02 Å². The molecule has 33 heavy (non-hydrogen) atoms. The minimum absolute atomic E-state index is 0.0306. The Morgan fingerprint density at radius 1 is 1.18 bits per heavy atom. The number of benzene rings is 1. The van der Waals surface area contributed by atoms with E-state index in [1.807, 2.05) is 0 Å². The third-order valence-electron chi connectivity index (χ3n) is 4.93. The maximum atomic E-state index is 13.4. The number of hydrogen-bond acceptors (Lipinski definition) is 8. The molecule has 2 heterocycles. The summed E-state index contributed by atoms with van der Waals surface area (Å²) in [4.78, 5) is 12.0. The summed E-state index contributed by atoms with van der Waals surface area (Å²) in [5.41, 5.74) is 0. The number of nitrogens with one attached hydrogen (secondary N) is 1. The Kier molecular flexibility index (Phi) is 7.02. The SMILES string of the molecule is O=C(COc1ccc(Cl)c(F)c1)N[C@H]1CO[C@H](c2nnc([C@H]3C[C@@H](OC(F)(F)F)C3)o2)OC1. The van der Waals surface area contributed by atoms with Gasteiger partial charge in [0.2, 0.25) is 12.2 Å². The first-order chi connectivity index (χ1) is 15.7. The minimum atomic E-state index is -4.68. The van der Waals surface area contributed by atoms with Gasteiger partial charge in [-0.25, -0.2) is 4.39 Å². The summed E-state index contributed by atoms with van der Waals surface area (Å²) in [6.45, 7) is -0.197. The molecule has 1 saturated carbocycles. The average molecular weight is 496 g/mol. The van der Waals surface area contributed by atoms with Crippen molar-refractivity contribution in [3.8, 4) is 5.75 Å². The van der Waals surface area contributed by atoms with Crippen LogP contribution >= 0.6 is 11.6 Å². The Balaban J connectivity index is 1.18. The second-order valence-electron chi connectivity index (χ2n) is 7.46. The van der Waals surface area contributed by atoms with E-state index in [9.17, 15) is 22.4 Å². The van der Waals surface area contributed by atoms with Crippen LogP contribution in [0.3, 0.4) is 0 Å². The Morgan fingerprint density at radius 2 is 1.88 bits per heavy atom. The van der Waals surface area contributed by atoms with Gasteiger partial charge in [-0.05, 0) is 25.0 Å². The second-order valence-corrected chi connectivity index (χ2v) is 7.87. The molecule has 1 aliphatic heterocycles. The van der Waals surface area contributed by atoms with E-state index >= 15 is 0 Å². The van der Waals surface area contributed by atoms with E-state index in [0.717, 1.165) is 6.07 Å². The van der Waals surface area contributed by atoms with Crippen molar-refractivity contribution >= 4 is 17.5 Å². The Bertz CT molecular complexity index is 977. The number of carbonyl (C=O) groups is 1. The highest BCUT2D eigenvalue weighted by Crippen LogP contribution is 2.41. The lowest BCUT2D eigenvalue weighted by Gasteiger charge is -2.33. The summed E-state index contributed by atoms with van der Waals surface area (Å²) in [6.07, 6.45) is -6.33. The topological polar surface area (TPSA) is 105 Å². The first-order valence-corrected chi connectivity index (χ1v) is 10.2. The van der Waals surface area contributed by atoms with E-state index in [1.54, 1.807) is 0 Å². The van der Waals surface area contributed by atoms with Gasteiger partial charge in [0.15, 0.2) is 6.61 Å². The zero-order valence-corrected chi connectivity index (χ0v) is 17.6. The molecule has 1 aromatic carbocycles. The molecule has 1 aliphatic carbocycles. The summed E-state index contributed by atoms with van der Waals surface area (Å²) in [7, 11) is 0. The van der Waals surface area contributed by atoms with Crippen molar-refractivity contribution in [3.05, 3.63) is 40.8 Å². The van der Waals surface area contributed by atoms with E-state index in [0.29, 0.717) is 0 Å². The average Bonchev–Trinajstić information content (AvgIpc) is 3.21. The molecule has 4 rings (SSSR count). The van der Waals surface area contributed by atoms with Gasteiger partial charge in [-0.2, -0.15) is 0 Å². The maximum absolute atomic E-state index is 13.4. The van der Waals surface area contributed by atoms with E-state index in [-0.39, 0.29) is 61.1 Å². The first kappa shape index (κ1) is 23.7. The predicted molar refractivity (Wildman–Crippen MR) is 101 cm³/mol. The Morgan fingerprint density at radius 3 is 2.55 bits per heavy atom. The van der Waals surface area contributed by atoms with Gasteiger partial charge in [-0.15, -0.1) is 23.4 Å². The van der Waals surface area contributed by atoms with E-state index in [2.05, 4.69) is 20.3 Å². The number of carbonyl (C=O) groups excluding carboxylic acids is 1. The third kappa shape index (κ3) is 6.31. The third-order valence-corrected chi connectivity index (χ3v) is 5.23. The lowest BCUT2D eigenvalue weighted by Crippen LogP contribution is -2.46. The number of alkyl halides is 3. The highest BCUT2D eigenvalue weighted by Gasteiger charge is 2.43. The summed E-state index contributed by atoms with van der Waals surface area (Å²) in [6, 6.07) is 3.34. The normalized spacial score (nSPS) is 25.4. The van der Waals surface area contributed by atoms with Gasteiger partial charge in [0, 0.05) is 12.0 Å². The molecule has 2 fully saturated rings. The van der Waals surface area contributed by atoms with Crippen LogP contribution in [-0.2, 0) is 19.0 Å². The highest BCUT2D eigenvalue weighted by atomic mass is 35.5. The van der Waals surface area contributed by atoms with Gasteiger partial charge < -0.3 is 23.9 Å². The molecule has 2 aromatic rings. The van der Waals surface area contributed by atoms with Gasteiger partial charge >= 0.3 is 6.36 Å². The second kappa shape index (κ2) is 9.79. The van der Waals surface area contributed by atoms with Crippen molar-refractivity contribution in [1.82, 2.24) is 15.5 Å². The zero-order valence-electron chi connectivity index (χ0n) is 16.8. The van der Waals surface area contributed by atoms with Crippen molar-refractivity contribution in [2.24, 2.45) is 0 Å². The fraction of sp³-hybridized carbons (Fsp3) is 0.526. The van der Waals surface area contributed by atoms with Crippen molar-refractivity contribution in [2.75, 3.05) is 19.8 Å². The van der Waals surface area contributed by atoms with Gasteiger partial charge in [0.1, 0.15) is 11.6 Å². The Labute approximate surface area is 189 Å². The zero-order chi connectivity index (χ0) is 23.6. The number of nitrogens with zero attached hydrogens (tertiary/aromatic N) is 2. The van der Waals surface area contributed by atoms with Gasteiger partial charge in [0.25, 0.3) is 11.8 Å². The molecule has 180 valence electrons. The largest absolute Gasteiger partial charge is 0.522 e. The molecule has 1 N–H and O–H groups in total. The highest BCUT2D eigenvalue weighted by molar-refractivity contribution is 6.30. The number of hydrogen-bond donors (Lipinski definition) is 1. The molecule has 1 amide bonds. The van der Waals surface area contributed by atoms with Crippen LogP contribution in [0.25, 0.3) is 0 Å². The molecule has 0 spiro atoms. The molecular weight excluding hydrogens is 478 g/mol. The van der Waals surface area contributed by atoms with E-state index < -0.39 is 36.5 Å². The molecular formula is C19H18ClF4N3O6. The van der Waals surface area contributed by atoms with Gasteiger partial charge in [0.05, 0.1) is 30.4 Å². The molecule has 0 unspecified atom stereocenters. The van der Waals surface area contributed by atoms with Crippen LogP contribution in [0.15, 0.2) is 22.6 Å². The first-order valence-electron chi connectivity index (χ1n) is 9.84. The van der Waals surface area contributed by atoms with E-state index in [1.165, 1.54) is 12.1 Å². The van der Waals surface area contributed by atoms with Gasteiger partial charge in [-0.3, -0.25) is 9.53 Å². The van der Waals surface area contributed by atoms with Crippen molar-refractivity contribution in [3.63, 3.8) is 0 Å². The Hall–Kier alpha value is -2.48. The number of rotatable bonds is 7. The molecule has 14 heteroatoms. The summed E-state index contributed by atoms with van der Waals surface area (Å²) < 4.78 is 75.6. The van der Waals surface area contributed by atoms with Gasteiger partial charge in [-0.1, -0.05) is 11.6 Å². The lowest BCUT2D eigenvalue weighted by atomic mass is 9.82. The quantitative estimate of drug-likeness (QED) is 0.584. The fourth-order valence-corrected chi connectivity index (χ4v) is 3.39. The minimum Gasteiger partial charge on any atom is -0.484 e. The van der Waals surface area contributed by atoms with Crippen molar-refractivity contribution in [2.45, 2.75) is 43.6 Å². The standard InChI is InChI=1S/C19H18ClF4N3O6/c20-13-2-1-11(5-14(13)21)29-8-15(28)25-10-6-30-18(31-7-10)17-27-26-16(32-17)9-3-12(4-9)33-19(22,23)24/h1-2,5,9-10,12,18H,3-4,6-8H2,(H,25,28)/t9-,10-,12+,18-. The fourth-order valence-electron chi connectivity index (χ4n) is 3.27. The molecule has 9 nitrogen and oxygen atoms in total. The monoisotopic (exact) mass is 495 g/mol. The molecule has 0 radical (unpaired) electrons. The summed E-state index contributed by atoms with van der Waals surface area (Å²) >= 11 is 5.59. The molecule has 0 atom stereocenters. The number of aromatic nitrogens is 2. The van der Waals surface area contributed by atoms with Crippen LogP contribution in [-0.4, -0.2) is 54.4 Å². The van der Waals surface area contributed by atoms with Crippen LogP contribution < -0.4 is 10.1 Å². The molecule has 0 bridgehead atoms. The van der Waals surface area contributed by atoms with E-state index in [4.69, 9.17) is 30.2 Å². The number of halogens is 5. The van der Waals surface area contributed by atoms with Crippen molar-refractivity contribution < 1.29 is 45.7 Å². The smallest absolute Gasteiger partial charge is 0.484 e. The number of ether oxygens (including phenoxy) is 4.